The van der Waals surface area contributed by atoms with Crippen LogP contribution in [0.4, 0.5) is 4.39 Å². The number of halogens is 2. The van der Waals surface area contributed by atoms with Gasteiger partial charge in [-0.3, -0.25) is 0 Å². The van der Waals surface area contributed by atoms with Gasteiger partial charge in [-0.15, -0.1) is 24.0 Å². The molecule has 1 heterocycles. The third kappa shape index (κ3) is 8.66. The lowest BCUT2D eigenvalue weighted by atomic mass is 10.0. The minimum Gasteiger partial charge on any atom is -0.357 e. The highest BCUT2D eigenvalue weighted by Gasteiger charge is 2.16. The summed E-state index contributed by atoms with van der Waals surface area (Å²) in [6, 6.07) is 7.26. The largest absolute Gasteiger partial charge is 0.357 e. The molecule has 1 fully saturated rings. The monoisotopic (exact) mass is 476 g/mol. The fourth-order valence-electron chi connectivity index (χ4n) is 3.24. The summed E-state index contributed by atoms with van der Waals surface area (Å²) in [6.07, 6.45) is 6.44. The van der Waals surface area contributed by atoms with Gasteiger partial charge in [-0.05, 0) is 70.3 Å². The van der Waals surface area contributed by atoms with Gasteiger partial charge in [-0.25, -0.2) is 9.38 Å². The van der Waals surface area contributed by atoms with Gasteiger partial charge in [-0.2, -0.15) is 0 Å². The molecule has 2 N–H and O–H groups in total. The van der Waals surface area contributed by atoms with E-state index in [1.165, 1.54) is 50.9 Å². The van der Waals surface area contributed by atoms with Gasteiger partial charge in [-0.1, -0.05) is 18.6 Å². The quantitative estimate of drug-likeness (QED) is 0.256. The Kier molecular flexibility index (Phi) is 11.8. The molecule has 0 aliphatic carbocycles. The second-order valence-corrected chi connectivity index (χ2v) is 6.84. The molecule has 148 valence electrons. The first-order valence-corrected chi connectivity index (χ1v) is 9.69. The summed E-state index contributed by atoms with van der Waals surface area (Å²) in [7, 11) is 0. The Hall–Kier alpha value is -0.890. The van der Waals surface area contributed by atoms with Crippen LogP contribution in [-0.4, -0.2) is 43.1 Å². The standard InChI is InChI=1S/C20H33FN4.HI/c1-3-22-20(24-16-18-9-11-19(21)12-10-18)23-13-5-7-15-25-14-6-4-8-17(25)2;/h9-12,17H,3-8,13-16H2,1-2H3,(H2,22,23,24);1H. The van der Waals surface area contributed by atoms with Crippen LogP contribution in [0, 0.1) is 5.82 Å². The van der Waals surface area contributed by atoms with Crippen molar-refractivity contribution in [3.05, 3.63) is 35.6 Å². The third-order valence-corrected chi connectivity index (χ3v) is 4.78. The third-order valence-electron chi connectivity index (χ3n) is 4.78. The first-order chi connectivity index (χ1) is 12.2. The van der Waals surface area contributed by atoms with Gasteiger partial charge in [0.2, 0.25) is 0 Å². The van der Waals surface area contributed by atoms with Crippen LogP contribution in [0.2, 0.25) is 0 Å². The number of unbranched alkanes of at least 4 members (excludes halogenated alkanes) is 1. The molecule has 0 spiro atoms. The molecular weight excluding hydrogens is 442 g/mol. The van der Waals surface area contributed by atoms with Gasteiger partial charge in [0.05, 0.1) is 6.54 Å². The zero-order chi connectivity index (χ0) is 17.9. The predicted octanol–water partition coefficient (Wildman–Crippen LogP) is 4.15. The maximum atomic E-state index is 12.9. The van der Waals surface area contributed by atoms with Crippen molar-refractivity contribution in [3.8, 4) is 0 Å². The van der Waals surface area contributed by atoms with E-state index in [1.807, 2.05) is 0 Å². The fraction of sp³-hybridized carbons (Fsp3) is 0.650. The SMILES string of the molecule is CCNC(=NCc1ccc(F)cc1)NCCCCN1CCCCC1C.I. The Bertz CT molecular complexity index is 521. The Morgan fingerprint density at radius 1 is 1.19 bits per heavy atom. The number of aliphatic imine (C=N–C) groups is 1. The van der Waals surface area contributed by atoms with Crippen LogP contribution < -0.4 is 10.6 Å². The van der Waals surface area contributed by atoms with Crippen LogP contribution >= 0.6 is 24.0 Å². The summed E-state index contributed by atoms with van der Waals surface area (Å²) in [6.45, 7) is 9.19. The molecule has 1 aliphatic rings. The zero-order valence-corrected chi connectivity index (χ0v) is 18.5. The number of benzene rings is 1. The highest BCUT2D eigenvalue weighted by molar-refractivity contribution is 14.0. The summed E-state index contributed by atoms with van der Waals surface area (Å²) < 4.78 is 12.9. The van der Waals surface area contributed by atoms with Gasteiger partial charge in [0.1, 0.15) is 5.82 Å². The summed E-state index contributed by atoms with van der Waals surface area (Å²) in [5, 5.41) is 6.66. The fourth-order valence-corrected chi connectivity index (χ4v) is 3.24. The van der Waals surface area contributed by atoms with Crippen LogP contribution in [0.5, 0.6) is 0 Å². The van der Waals surface area contributed by atoms with Crippen molar-refractivity contribution in [1.29, 1.82) is 0 Å². The van der Waals surface area contributed by atoms with Gasteiger partial charge in [0, 0.05) is 19.1 Å². The number of nitrogens with one attached hydrogen (secondary N) is 2. The van der Waals surface area contributed by atoms with E-state index in [1.54, 1.807) is 12.1 Å². The molecular formula is C20H34FIN4. The van der Waals surface area contributed by atoms with Crippen LogP contribution in [0.3, 0.4) is 0 Å². The van der Waals surface area contributed by atoms with Crippen molar-refractivity contribution >= 4 is 29.9 Å². The molecule has 4 nitrogen and oxygen atoms in total. The van der Waals surface area contributed by atoms with E-state index in [4.69, 9.17) is 0 Å². The first-order valence-electron chi connectivity index (χ1n) is 9.69. The van der Waals surface area contributed by atoms with Crippen molar-refractivity contribution in [3.63, 3.8) is 0 Å². The lowest BCUT2D eigenvalue weighted by molar-refractivity contribution is 0.158. The molecule has 1 aromatic rings. The van der Waals surface area contributed by atoms with E-state index >= 15 is 0 Å². The van der Waals surface area contributed by atoms with E-state index in [0.717, 1.165) is 37.1 Å². The molecule has 1 atom stereocenters. The zero-order valence-electron chi connectivity index (χ0n) is 16.1. The van der Waals surface area contributed by atoms with Crippen LogP contribution in [0.25, 0.3) is 0 Å². The van der Waals surface area contributed by atoms with Crippen LogP contribution in [-0.2, 0) is 6.54 Å². The van der Waals surface area contributed by atoms with Gasteiger partial charge in [0.25, 0.3) is 0 Å². The predicted molar refractivity (Wildman–Crippen MR) is 119 cm³/mol. The van der Waals surface area contributed by atoms with Crippen molar-refractivity contribution in [1.82, 2.24) is 15.5 Å². The Balaban J connectivity index is 0.00000338. The van der Waals surface area contributed by atoms with Crippen molar-refractivity contribution in [2.75, 3.05) is 26.2 Å². The van der Waals surface area contributed by atoms with E-state index in [2.05, 4.69) is 34.4 Å². The molecule has 1 saturated heterocycles. The summed E-state index contributed by atoms with van der Waals surface area (Å²) in [5.74, 6) is 0.624. The Morgan fingerprint density at radius 2 is 1.96 bits per heavy atom. The number of rotatable bonds is 8. The number of hydrogen-bond acceptors (Lipinski definition) is 2. The lowest BCUT2D eigenvalue weighted by Gasteiger charge is -2.33. The molecule has 0 amide bonds. The molecule has 26 heavy (non-hydrogen) atoms. The average molecular weight is 476 g/mol. The molecule has 1 aromatic carbocycles. The van der Waals surface area contributed by atoms with Gasteiger partial charge in [0.15, 0.2) is 5.96 Å². The molecule has 1 aliphatic heterocycles. The molecule has 2 rings (SSSR count). The molecule has 0 bridgehead atoms. The lowest BCUT2D eigenvalue weighted by Crippen LogP contribution is -2.39. The van der Waals surface area contributed by atoms with E-state index in [0.29, 0.717) is 6.54 Å². The Morgan fingerprint density at radius 3 is 2.65 bits per heavy atom. The molecule has 0 aromatic heterocycles. The second kappa shape index (κ2) is 13.3. The highest BCUT2D eigenvalue weighted by Crippen LogP contribution is 2.16. The smallest absolute Gasteiger partial charge is 0.191 e. The minimum atomic E-state index is -0.208. The van der Waals surface area contributed by atoms with Gasteiger partial charge >= 0.3 is 0 Å². The molecule has 6 heteroatoms. The minimum absolute atomic E-state index is 0. The van der Waals surface area contributed by atoms with Crippen molar-refractivity contribution in [2.24, 2.45) is 4.99 Å². The summed E-state index contributed by atoms with van der Waals surface area (Å²) in [5.41, 5.74) is 1.01. The number of piperidine rings is 1. The van der Waals surface area contributed by atoms with Crippen LogP contribution in [0.15, 0.2) is 29.3 Å². The summed E-state index contributed by atoms with van der Waals surface area (Å²) >= 11 is 0. The maximum absolute atomic E-state index is 12.9. The van der Waals surface area contributed by atoms with Gasteiger partial charge < -0.3 is 15.5 Å². The first kappa shape index (κ1) is 23.1. The van der Waals surface area contributed by atoms with Crippen LogP contribution in [0.1, 0.15) is 51.5 Å². The van der Waals surface area contributed by atoms with E-state index < -0.39 is 0 Å². The molecule has 1 unspecified atom stereocenters. The highest BCUT2D eigenvalue weighted by atomic mass is 127. The number of hydrogen-bond donors (Lipinski definition) is 2. The van der Waals surface area contributed by atoms with E-state index in [9.17, 15) is 4.39 Å². The summed E-state index contributed by atoms with van der Waals surface area (Å²) in [4.78, 5) is 7.20. The number of nitrogens with zero attached hydrogens (tertiary/aromatic N) is 2. The normalized spacial score (nSPS) is 18.3. The van der Waals surface area contributed by atoms with E-state index in [-0.39, 0.29) is 29.8 Å². The van der Waals surface area contributed by atoms with Crippen molar-refractivity contribution < 1.29 is 4.39 Å². The number of likely N-dealkylation sites (tertiary alicyclic amines) is 1. The van der Waals surface area contributed by atoms with Crippen molar-refractivity contribution in [2.45, 2.75) is 58.5 Å². The molecule has 0 radical (unpaired) electrons. The number of guanidine groups is 1. The maximum Gasteiger partial charge on any atom is 0.191 e. The second-order valence-electron chi connectivity index (χ2n) is 6.84. The topological polar surface area (TPSA) is 39.7 Å². The molecule has 0 saturated carbocycles. The Labute approximate surface area is 175 Å². The average Bonchev–Trinajstić information content (AvgIpc) is 2.62.